The van der Waals surface area contributed by atoms with E-state index >= 15 is 0 Å². The van der Waals surface area contributed by atoms with E-state index in [2.05, 4.69) is 53.8 Å². The zero-order chi connectivity index (χ0) is 13.5. The van der Waals surface area contributed by atoms with Gasteiger partial charge in [0.15, 0.2) is 0 Å². The average molecular weight is 265 g/mol. The molecule has 102 valence electrons. The minimum atomic E-state index is -0.305. The lowest BCUT2D eigenvalue weighted by atomic mass is 10.0. The summed E-state index contributed by atoms with van der Waals surface area (Å²) in [6.45, 7) is 0. The van der Waals surface area contributed by atoms with Gasteiger partial charge in [0.25, 0.3) is 0 Å². The van der Waals surface area contributed by atoms with E-state index in [0.717, 1.165) is 19.3 Å². The van der Waals surface area contributed by atoms with Gasteiger partial charge in [0.05, 0.1) is 12.1 Å². The molecule has 0 fully saturated rings. The minimum absolute atomic E-state index is 0.0716. The van der Waals surface area contributed by atoms with Gasteiger partial charge < -0.3 is 10.4 Å². The number of aryl methyl sites for hydroxylation is 1. The van der Waals surface area contributed by atoms with E-state index in [4.69, 9.17) is 0 Å². The molecule has 0 saturated heterocycles. The van der Waals surface area contributed by atoms with E-state index in [-0.39, 0.29) is 12.1 Å². The number of hydrogen-bond acceptors (Lipinski definition) is 2. The normalized spacial score (nSPS) is 27.4. The number of nitrogens with one attached hydrogen (secondary N) is 1. The Kier molecular flexibility index (Phi) is 2.86. The number of aliphatic hydroxyl groups is 1. The van der Waals surface area contributed by atoms with Gasteiger partial charge in [0.2, 0.25) is 0 Å². The monoisotopic (exact) mass is 265 g/mol. The van der Waals surface area contributed by atoms with Crippen molar-refractivity contribution in [3.63, 3.8) is 0 Å². The van der Waals surface area contributed by atoms with Gasteiger partial charge in [0, 0.05) is 12.5 Å². The van der Waals surface area contributed by atoms with Crippen LogP contribution < -0.4 is 5.32 Å². The Balaban J connectivity index is 1.62. The molecule has 2 heteroatoms. The Labute approximate surface area is 119 Å². The molecular weight excluding hydrogens is 246 g/mol. The van der Waals surface area contributed by atoms with Crippen LogP contribution in [0.3, 0.4) is 0 Å². The maximum atomic E-state index is 10.4. The van der Waals surface area contributed by atoms with E-state index in [9.17, 15) is 5.11 Å². The second kappa shape index (κ2) is 4.72. The quantitative estimate of drug-likeness (QED) is 0.875. The van der Waals surface area contributed by atoms with Gasteiger partial charge in [0.1, 0.15) is 0 Å². The van der Waals surface area contributed by atoms with Crippen LogP contribution in [0.1, 0.15) is 40.8 Å². The van der Waals surface area contributed by atoms with Gasteiger partial charge in [-0.15, -0.1) is 0 Å². The summed E-state index contributed by atoms with van der Waals surface area (Å²) in [6, 6.07) is 17.5. The van der Waals surface area contributed by atoms with Crippen LogP contribution in [0.5, 0.6) is 0 Å². The predicted octanol–water partition coefficient (Wildman–Crippen LogP) is 2.92. The molecule has 3 atom stereocenters. The smallest absolute Gasteiger partial charge is 0.0775 e. The van der Waals surface area contributed by atoms with Crippen molar-refractivity contribution in [2.24, 2.45) is 0 Å². The highest BCUT2D eigenvalue weighted by Crippen LogP contribution is 2.37. The van der Waals surface area contributed by atoms with Crippen molar-refractivity contribution in [1.29, 1.82) is 0 Å². The molecule has 0 radical (unpaired) electrons. The summed E-state index contributed by atoms with van der Waals surface area (Å²) in [4.78, 5) is 0. The Bertz CT molecular complexity index is 637. The first-order valence-corrected chi connectivity index (χ1v) is 7.42. The highest BCUT2D eigenvalue weighted by atomic mass is 16.3. The molecule has 3 unspecified atom stereocenters. The average Bonchev–Trinajstić information content (AvgIpc) is 3.02. The van der Waals surface area contributed by atoms with Crippen LogP contribution in [0.2, 0.25) is 0 Å². The number of rotatable bonds is 2. The Morgan fingerprint density at radius 1 is 0.900 bits per heavy atom. The van der Waals surface area contributed by atoms with E-state index in [1.165, 1.54) is 22.3 Å². The van der Waals surface area contributed by atoms with Crippen LogP contribution >= 0.6 is 0 Å². The van der Waals surface area contributed by atoms with Gasteiger partial charge in [-0.3, -0.25) is 0 Å². The second-order valence-electron chi connectivity index (χ2n) is 5.90. The van der Waals surface area contributed by atoms with Crippen LogP contribution in [0.15, 0.2) is 48.5 Å². The highest BCUT2D eigenvalue weighted by Gasteiger charge is 2.34. The summed E-state index contributed by atoms with van der Waals surface area (Å²) in [6.07, 6.45) is 2.73. The predicted molar refractivity (Wildman–Crippen MR) is 79.5 cm³/mol. The van der Waals surface area contributed by atoms with E-state index in [1.54, 1.807) is 0 Å². The highest BCUT2D eigenvalue weighted by molar-refractivity contribution is 5.38. The summed E-state index contributed by atoms with van der Waals surface area (Å²) >= 11 is 0. The Morgan fingerprint density at radius 2 is 1.60 bits per heavy atom. The fourth-order valence-corrected chi connectivity index (χ4v) is 3.72. The fourth-order valence-electron chi connectivity index (χ4n) is 3.72. The number of fused-ring (bicyclic) bond motifs is 2. The number of benzene rings is 2. The molecule has 0 heterocycles. The third kappa shape index (κ3) is 1.88. The van der Waals surface area contributed by atoms with Crippen LogP contribution in [0, 0.1) is 0 Å². The van der Waals surface area contributed by atoms with Gasteiger partial charge in [-0.1, -0.05) is 48.5 Å². The van der Waals surface area contributed by atoms with Crippen molar-refractivity contribution >= 4 is 0 Å². The van der Waals surface area contributed by atoms with Crippen molar-refractivity contribution in [1.82, 2.24) is 5.32 Å². The van der Waals surface area contributed by atoms with E-state index < -0.39 is 0 Å². The first kappa shape index (κ1) is 12.1. The molecular formula is C18H19NO. The molecule has 0 aromatic heterocycles. The van der Waals surface area contributed by atoms with Crippen LogP contribution in [0.25, 0.3) is 0 Å². The first-order valence-electron chi connectivity index (χ1n) is 7.42. The van der Waals surface area contributed by atoms with Gasteiger partial charge in [-0.05, 0) is 35.1 Å². The number of hydrogen-bond donors (Lipinski definition) is 2. The van der Waals surface area contributed by atoms with Gasteiger partial charge in [-0.25, -0.2) is 0 Å². The molecule has 0 aliphatic heterocycles. The molecule has 2 aromatic carbocycles. The number of aliphatic hydroxyl groups excluding tert-OH is 1. The first-order chi connectivity index (χ1) is 9.83. The summed E-state index contributed by atoms with van der Waals surface area (Å²) in [5, 5.41) is 14.0. The molecule has 2 N–H and O–H groups in total. The molecule has 0 spiro atoms. The summed E-state index contributed by atoms with van der Waals surface area (Å²) in [5.74, 6) is 0. The SMILES string of the molecule is OC1Cc2ccccc2C1NC1CCc2ccccc21. The maximum absolute atomic E-state index is 10.4. The third-order valence-corrected chi connectivity index (χ3v) is 4.72. The standard InChI is InChI=1S/C18H19NO/c20-17-11-13-6-2-4-8-15(13)18(17)19-16-10-9-12-5-1-3-7-14(12)16/h1-8,16-20H,9-11H2. The van der Waals surface area contributed by atoms with Crippen molar-refractivity contribution in [3.8, 4) is 0 Å². The van der Waals surface area contributed by atoms with Crippen molar-refractivity contribution in [2.45, 2.75) is 37.5 Å². The van der Waals surface area contributed by atoms with Gasteiger partial charge in [-0.2, -0.15) is 0 Å². The van der Waals surface area contributed by atoms with Crippen molar-refractivity contribution in [2.75, 3.05) is 0 Å². The molecule has 0 saturated carbocycles. The molecule has 2 aromatic rings. The molecule has 2 aliphatic rings. The lowest BCUT2D eigenvalue weighted by Crippen LogP contribution is -2.31. The topological polar surface area (TPSA) is 32.3 Å². The zero-order valence-corrected chi connectivity index (χ0v) is 11.4. The molecule has 0 amide bonds. The molecule has 4 rings (SSSR count). The lowest BCUT2D eigenvalue weighted by molar-refractivity contribution is 0.134. The summed E-state index contributed by atoms with van der Waals surface area (Å²) in [5.41, 5.74) is 5.41. The summed E-state index contributed by atoms with van der Waals surface area (Å²) in [7, 11) is 0. The zero-order valence-electron chi connectivity index (χ0n) is 11.4. The second-order valence-corrected chi connectivity index (χ2v) is 5.90. The summed E-state index contributed by atoms with van der Waals surface area (Å²) < 4.78 is 0. The molecule has 2 aliphatic carbocycles. The van der Waals surface area contributed by atoms with Gasteiger partial charge >= 0.3 is 0 Å². The fraction of sp³-hybridized carbons (Fsp3) is 0.333. The molecule has 0 bridgehead atoms. The lowest BCUT2D eigenvalue weighted by Gasteiger charge is -2.23. The maximum Gasteiger partial charge on any atom is 0.0775 e. The largest absolute Gasteiger partial charge is 0.391 e. The molecule has 20 heavy (non-hydrogen) atoms. The van der Waals surface area contributed by atoms with E-state index in [1.807, 2.05) is 0 Å². The van der Waals surface area contributed by atoms with Crippen molar-refractivity contribution < 1.29 is 5.11 Å². The Hall–Kier alpha value is -1.64. The molecule has 2 nitrogen and oxygen atoms in total. The van der Waals surface area contributed by atoms with Crippen molar-refractivity contribution in [3.05, 3.63) is 70.8 Å². The van der Waals surface area contributed by atoms with Crippen LogP contribution in [0.4, 0.5) is 0 Å². The van der Waals surface area contributed by atoms with Crippen LogP contribution in [-0.4, -0.2) is 11.2 Å². The van der Waals surface area contributed by atoms with Crippen LogP contribution in [-0.2, 0) is 12.8 Å². The Morgan fingerprint density at radius 3 is 2.45 bits per heavy atom. The third-order valence-electron chi connectivity index (χ3n) is 4.72. The van der Waals surface area contributed by atoms with E-state index in [0.29, 0.717) is 6.04 Å². The minimum Gasteiger partial charge on any atom is -0.391 e.